The zero-order valence-electron chi connectivity index (χ0n) is 17.5. The molecule has 30 heavy (non-hydrogen) atoms. The number of hydrogen-bond donors (Lipinski definition) is 1. The van der Waals surface area contributed by atoms with Crippen molar-refractivity contribution in [2.45, 2.75) is 63.0 Å². The summed E-state index contributed by atoms with van der Waals surface area (Å²) in [6.45, 7) is 5.55. The van der Waals surface area contributed by atoms with Crippen LogP contribution in [0.25, 0.3) is 0 Å². The topological polar surface area (TPSA) is 35.9 Å². The van der Waals surface area contributed by atoms with E-state index in [1.54, 1.807) is 6.07 Å². The van der Waals surface area contributed by atoms with Crippen molar-refractivity contribution in [1.29, 1.82) is 0 Å². The molecule has 2 fully saturated rings. The van der Waals surface area contributed by atoms with Crippen LogP contribution >= 0.6 is 24.8 Å². The van der Waals surface area contributed by atoms with Crippen molar-refractivity contribution in [3.8, 4) is 5.75 Å². The molecule has 2 unspecified atom stereocenters. The molecule has 1 N–H and O–H groups in total. The first-order chi connectivity index (χ1) is 13.2. The van der Waals surface area contributed by atoms with E-state index < -0.39 is 12.0 Å². The van der Waals surface area contributed by atoms with E-state index in [2.05, 4.69) is 28.5 Å². The molecule has 3 rings (SSSR count). The van der Waals surface area contributed by atoms with Crippen molar-refractivity contribution in [2.24, 2.45) is 0 Å². The number of nitrogens with zero attached hydrogens (tertiary/aromatic N) is 2. The molecular weight excluding hydrogens is 440 g/mol. The summed E-state index contributed by atoms with van der Waals surface area (Å²) in [6.07, 6.45) is -0.354. The molecule has 2 aliphatic rings. The number of piperazine rings is 1. The largest absolute Gasteiger partial charge is 0.573 e. The number of aliphatic hydroxyl groups is 1. The van der Waals surface area contributed by atoms with Crippen LogP contribution in [0.1, 0.15) is 50.5 Å². The molecule has 0 spiro atoms. The summed E-state index contributed by atoms with van der Waals surface area (Å²) in [5, 5.41) is 11.5. The van der Waals surface area contributed by atoms with Gasteiger partial charge in [-0.1, -0.05) is 31.4 Å². The molecule has 1 saturated heterocycles. The third-order valence-electron chi connectivity index (χ3n) is 6.35. The molecule has 1 aliphatic heterocycles. The maximum atomic E-state index is 12.7. The van der Waals surface area contributed by atoms with Gasteiger partial charge in [-0.25, -0.2) is 0 Å². The first kappa shape index (κ1) is 27.3. The van der Waals surface area contributed by atoms with E-state index in [9.17, 15) is 18.3 Å². The van der Waals surface area contributed by atoms with Crippen LogP contribution in [0.4, 0.5) is 13.2 Å². The number of likely N-dealkylation sites (N-methyl/N-ethyl adjacent to an activating group) is 1. The van der Waals surface area contributed by atoms with Crippen molar-refractivity contribution in [3.05, 3.63) is 29.8 Å². The molecule has 1 saturated carbocycles. The van der Waals surface area contributed by atoms with Crippen LogP contribution in [0.15, 0.2) is 24.3 Å². The molecular formula is C21H33Cl2F3N2O2. The Labute approximate surface area is 189 Å². The van der Waals surface area contributed by atoms with Crippen molar-refractivity contribution >= 4 is 24.8 Å². The fraction of sp³-hybridized carbons (Fsp3) is 0.714. The Morgan fingerprint density at radius 3 is 2.43 bits per heavy atom. The summed E-state index contributed by atoms with van der Waals surface area (Å²) in [5.41, 5.74) is -0.167. The summed E-state index contributed by atoms with van der Waals surface area (Å²) in [5.74, 6) is -0.457. The fourth-order valence-electron chi connectivity index (χ4n) is 4.57. The highest BCUT2D eigenvalue weighted by Gasteiger charge is 2.40. The van der Waals surface area contributed by atoms with E-state index >= 15 is 0 Å². The number of hydrogen-bond acceptors (Lipinski definition) is 4. The highest BCUT2D eigenvalue weighted by atomic mass is 35.5. The number of halogens is 5. The summed E-state index contributed by atoms with van der Waals surface area (Å²) < 4.78 is 42.1. The van der Waals surface area contributed by atoms with Gasteiger partial charge < -0.3 is 14.7 Å². The third kappa shape index (κ3) is 7.16. The Hall–Kier alpha value is -0.730. The van der Waals surface area contributed by atoms with E-state index in [0.717, 1.165) is 44.5 Å². The Bertz CT molecular complexity index is 657. The summed E-state index contributed by atoms with van der Waals surface area (Å²) in [7, 11) is 2.10. The molecule has 0 aromatic heterocycles. The molecule has 1 aromatic carbocycles. The minimum absolute atomic E-state index is 0. The quantitative estimate of drug-likeness (QED) is 0.664. The zero-order valence-corrected chi connectivity index (χ0v) is 19.2. The number of rotatable bonds is 5. The summed E-state index contributed by atoms with van der Waals surface area (Å²) in [6, 6.07) is 6.58. The maximum Gasteiger partial charge on any atom is 0.573 e. The first-order valence-electron chi connectivity index (χ1n) is 10.2. The fourth-order valence-corrected chi connectivity index (χ4v) is 4.57. The van der Waals surface area contributed by atoms with Gasteiger partial charge in [-0.05, 0) is 44.5 Å². The van der Waals surface area contributed by atoms with E-state index in [4.69, 9.17) is 0 Å². The molecule has 9 heteroatoms. The van der Waals surface area contributed by atoms with Crippen LogP contribution < -0.4 is 4.74 Å². The highest BCUT2D eigenvalue weighted by molar-refractivity contribution is 5.85. The van der Waals surface area contributed by atoms with Crippen molar-refractivity contribution in [3.63, 3.8) is 0 Å². The van der Waals surface area contributed by atoms with Gasteiger partial charge in [0.15, 0.2) is 0 Å². The van der Waals surface area contributed by atoms with Crippen molar-refractivity contribution in [2.75, 3.05) is 33.2 Å². The molecule has 1 aromatic rings. The summed E-state index contributed by atoms with van der Waals surface area (Å²) >= 11 is 0. The average Bonchev–Trinajstić information content (AvgIpc) is 2.62. The molecule has 1 aliphatic carbocycles. The van der Waals surface area contributed by atoms with Gasteiger partial charge in [0.25, 0.3) is 0 Å². The number of benzene rings is 1. The minimum Gasteiger partial charge on any atom is -0.406 e. The maximum absolute atomic E-state index is 12.7. The SMILES string of the molecule is CC1CN(CC(c2cccc(OC(F)(F)F)c2)C2(O)CCCCC2)CCN1C.Cl.Cl. The van der Waals surface area contributed by atoms with Crippen LogP contribution in [0.2, 0.25) is 0 Å². The van der Waals surface area contributed by atoms with Crippen molar-refractivity contribution < 1.29 is 23.0 Å². The van der Waals surface area contributed by atoms with E-state index in [1.807, 2.05) is 6.07 Å². The zero-order chi connectivity index (χ0) is 20.4. The van der Waals surface area contributed by atoms with Gasteiger partial charge in [0, 0.05) is 38.1 Å². The smallest absolute Gasteiger partial charge is 0.406 e. The lowest BCUT2D eigenvalue weighted by Crippen LogP contribution is -2.53. The van der Waals surface area contributed by atoms with Gasteiger partial charge in [-0.3, -0.25) is 4.90 Å². The Morgan fingerprint density at radius 1 is 1.17 bits per heavy atom. The number of alkyl halides is 3. The molecule has 0 amide bonds. The highest BCUT2D eigenvalue weighted by Crippen LogP contribution is 2.41. The lowest BCUT2D eigenvalue weighted by atomic mass is 9.72. The second-order valence-electron chi connectivity index (χ2n) is 8.43. The van der Waals surface area contributed by atoms with Gasteiger partial charge in [0.05, 0.1) is 5.60 Å². The monoisotopic (exact) mass is 472 g/mol. The van der Waals surface area contributed by atoms with Gasteiger partial charge in [-0.2, -0.15) is 0 Å². The van der Waals surface area contributed by atoms with Crippen LogP contribution in [0.5, 0.6) is 5.75 Å². The second kappa shape index (κ2) is 11.2. The average molecular weight is 473 g/mol. The lowest BCUT2D eigenvalue weighted by Gasteiger charge is -2.44. The standard InChI is InChI=1S/C21H31F3N2O2.2ClH/c1-16-14-26(12-11-25(16)2)15-19(20(27)9-4-3-5-10-20)17-7-6-8-18(13-17)28-21(22,23)24;;/h6-8,13,16,19,27H,3-5,9-12,14-15H2,1-2H3;2*1H. The summed E-state index contributed by atoms with van der Waals surface area (Å²) in [4.78, 5) is 4.64. The Kier molecular flexibility index (Phi) is 10.2. The minimum atomic E-state index is -4.72. The predicted octanol–water partition coefficient (Wildman–Crippen LogP) is 4.84. The van der Waals surface area contributed by atoms with Gasteiger partial charge in [0.2, 0.25) is 0 Å². The normalized spacial score (nSPS) is 23.7. The van der Waals surface area contributed by atoms with E-state index in [0.29, 0.717) is 25.4 Å². The first-order valence-corrected chi connectivity index (χ1v) is 10.2. The van der Waals surface area contributed by atoms with Gasteiger partial charge >= 0.3 is 6.36 Å². The molecule has 4 nitrogen and oxygen atoms in total. The van der Waals surface area contributed by atoms with E-state index in [-0.39, 0.29) is 36.5 Å². The predicted molar refractivity (Wildman–Crippen MR) is 117 cm³/mol. The molecule has 0 radical (unpaired) electrons. The van der Waals surface area contributed by atoms with Gasteiger partial charge in [-0.15, -0.1) is 38.0 Å². The van der Waals surface area contributed by atoms with Crippen molar-refractivity contribution in [1.82, 2.24) is 9.80 Å². The van der Waals surface area contributed by atoms with Crippen LogP contribution in [-0.4, -0.2) is 66.1 Å². The van der Waals surface area contributed by atoms with E-state index in [1.165, 1.54) is 12.1 Å². The van der Waals surface area contributed by atoms with Crippen LogP contribution in [0.3, 0.4) is 0 Å². The second-order valence-corrected chi connectivity index (χ2v) is 8.43. The van der Waals surface area contributed by atoms with Crippen LogP contribution in [0, 0.1) is 0 Å². The molecule has 1 heterocycles. The molecule has 174 valence electrons. The number of ether oxygens (including phenoxy) is 1. The van der Waals surface area contributed by atoms with Gasteiger partial charge in [0.1, 0.15) is 5.75 Å². The Morgan fingerprint density at radius 2 is 1.83 bits per heavy atom. The third-order valence-corrected chi connectivity index (χ3v) is 6.35. The Balaban J connectivity index is 0.00000225. The van der Waals surface area contributed by atoms with Crippen LogP contribution in [-0.2, 0) is 0 Å². The molecule has 0 bridgehead atoms. The molecule has 2 atom stereocenters. The lowest BCUT2D eigenvalue weighted by molar-refractivity contribution is -0.274.